The number of halogens is 5. The minimum atomic E-state index is -2.89. The molecule has 0 bridgehead atoms. The number of ether oxygens (including phenoxy) is 1. The zero-order chi connectivity index (χ0) is 13.9. The third-order valence-electron chi connectivity index (χ3n) is 1.76. The van der Waals surface area contributed by atoms with Gasteiger partial charge in [-0.25, -0.2) is 22.4 Å². The second kappa shape index (κ2) is 5.37. The van der Waals surface area contributed by atoms with Gasteiger partial charge in [0.1, 0.15) is 0 Å². The van der Waals surface area contributed by atoms with Crippen LogP contribution in [0.4, 0.5) is 22.0 Å². The quantitative estimate of drug-likeness (QED) is 0.160. The van der Waals surface area contributed by atoms with Crippen LogP contribution < -0.4 is 0 Å². The van der Waals surface area contributed by atoms with Gasteiger partial charge in [-0.2, -0.15) is 9.18 Å². The molecule has 0 N–H and O–H groups in total. The second-order valence-corrected chi connectivity index (χ2v) is 2.89. The van der Waals surface area contributed by atoms with Crippen LogP contribution in [0.1, 0.15) is 11.9 Å². The van der Waals surface area contributed by atoms with Gasteiger partial charge >= 0.3 is 12.2 Å². The van der Waals surface area contributed by atoms with Gasteiger partial charge in [-0.05, 0) is 6.07 Å². The SMILES string of the molecule is [N-]=[N+]=CC(=O)OC(F)c1cc(F)c(F)c(F)c1F. The summed E-state index contributed by atoms with van der Waals surface area (Å²) < 4.78 is 68.0. The van der Waals surface area contributed by atoms with Crippen LogP contribution in [-0.2, 0) is 9.53 Å². The van der Waals surface area contributed by atoms with E-state index < -0.39 is 41.2 Å². The van der Waals surface area contributed by atoms with Crippen molar-refractivity contribution in [2.75, 3.05) is 0 Å². The normalized spacial score (nSPS) is 11.6. The molecule has 0 aliphatic heterocycles. The van der Waals surface area contributed by atoms with Crippen LogP contribution in [-0.4, -0.2) is 17.0 Å². The van der Waals surface area contributed by atoms with E-state index in [1.807, 2.05) is 0 Å². The number of rotatable bonds is 3. The minimum absolute atomic E-state index is 0.00177. The minimum Gasteiger partial charge on any atom is -0.418 e. The van der Waals surface area contributed by atoms with Crippen molar-refractivity contribution in [2.24, 2.45) is 0 Å². The van der Waals surface area contributed by atoms with E-state index in [0.717, 1.165) is 0 Å². The van der Waals surface area contributed by atoms with Crippen molar-refractivity contribution in [1.82, 2.24) is 0 Å². The molecular weight excluding hydrogens is 263 g/mol. The van der Waals surface area contributed by atoms with Crippen molar-refractivity contribution in [1.29, 1.82) is 0 Å². The zero-order valence-corrected chi connectivity index (χ0v) is 8.33. The highest BCUT2D eigenvalue weighted by Crippen LogP contribution is 2.26. The molecule has 0 aliphatic carbocycles. The van der Waals surface area contributed by atoms with Crippen molar-refractivity contribution >= 4 is 12.2 Å². The van der Waals surface area contributed by atoms with Gasteiger partial charge in [0.15, 0.2) is 23.3 Å². The topological polar surface area (TPSA) is 62.7 Å². The Morgan fingerprint density at radius 2 is 1.89 bits per heavy atom. The Morgan fingerprint density at radius 3 is 2.44 bits per heavy atom. The van der Waals surface area contributed by atoms with E-state index in [1.165, 1.54) is 0 Å². The van der Waals surface area contributed by atoms with Gasteiger partial charge in [0.2, 0.25) is 0 Å². The van der Waals surface area contributed by atoms with Crippen molar-refractivity contribution in [3.05, 3.63) is 40.4 Å². The van der Waals surface area contributed by atoms with Crippen molar-refractivity contribution in [3.63, 3.8) is 0 Å². The Bertz CT molecular complexity index is 542. The number of carbonyl (C=O) groups is 1. The Morgan fingerprint density at radius 1 is 1.28 bits per heavy atom. The van der Waals surface area contributed by atoms with Crippen LogP contribution in [0.5, 0.6) is 0 Å². The van der Waals surface area contributed by atoms with Crippen LogP contribution in [0.3, 0.4) is 0 Å². The van der Waals surface area contributed by atoms with Crippen molar-refractivity contribution in [2.45, 2.75) is 6.36 Å². The van der Waals surface area contributed by atoms with E-state index in [4.69, 9.17) is 5.53 Å². The number of hydrogen-bond donors (Lipinski definition) is 0. The largest absolute Gasteiger partial charge is 0.418 e. The smallest absolute Gasteiger partial charge is 0.416 e. The summed E-state index contributed by atoms with van der Waals surface area (Å²) >= 11 is 0. The van der Waals surface area contributed by atoms with Crippen LogP contribution in [0.15, 0.2) is 6.07 Å². The maximum atomic E-state index is 13.2. The van der Waals surface area contributed by atoms with Crippen LogP contribution in [0.2, 0.25) is 0 Å². The van der Waals surface area contributed by atoms with E-state index in [1.54, 1.807) is 0 Å². The number of carbonyl (C=O) groups excluding carboxylic acids is 1. The predicted octanol–water partition coefficient (Wildman–Crippen LogP) is 2.05. The summed E-state index contributed by atoms with van der Waals surface area (Å²) in [5.74, 6) is -9.77. The van der Waals surface area contributed by atoms with E-state index in [2.05, 4.69) is 9.53 Å². The fourth-order valence-corrected chi connectivity index (χ4v) is 0.999. The first kappa shape index (κ1) is 13.8. The number of nitrogens with zero attached hydrogens (tertiary/aromatic N) is 2. The standard InChI is InChI=1S/C9H3F5N2O2/c10-4-1-3(6(11)8(13)7(4)12)9(14)18-5(17)2-16-15/h1-2,9H. The average Bonchev–Trinajstić information content (AvgIpc) is 2.31. The van der Waals surface area contributed by atoms with Gasteiger partial charge in [0.05, 0.1) is 5.56 Å². The summed E-state index contributed by atoms with van der Waals surface area (Å²) in [4.78, 5) is 12.8. The van der Waals surface area contributed by atoms with Gasteiger partial charge in [0.25, 0.3) is 6.36 Å². The fraction of sp³-hybridized carbons (Fsp3) is 0.111. The van der Waals surface area contributed by atoms with Gasteiger partial charge < -0.3 is 10.3 Å². The number of benzene rings is 1. The number of alkyl halides is 1. The van der Waals surface area contributed by atoms with Crippen LogP contribution >= 0.6 is 0 Å². The highest BCUT2D eigenvalue weighted by atomic mass is 19.2. The molecule has 1 rings (SSSR count). The zero-order valence-electron chi connectivity index (χ0n) is 8.33. The third kappa shape index (κ3) is 2.69. The molecule has 0 spiro atoms. The first-order valence-electron chi connectivity index (χ1n) is 4.23. The highest BCUT2D eigenvalue weighted by Gasteiger charge is 2.26. The Labute approximate surface area is 96.2 Å². The lowest BCUT2D eigenvalue weighted by Gasteiger charge is -2.09. The molecule has 0 fully saturated rings. The molecule has 96 valence electrons. The molecule has 0 aliphatic rings. The molecule has 4 nitrogen and oxygen atoms in total. The maximum Gasteiger partial charge on any atom is 0.416 e. The summed E-state index contributed by atoms with van der Waals surface area (Å²) in [6.07, 6.45) is -2.76. The van der Waals surface area contributed by atoms with Gasteiger partial charge in [0, 0.05) is 0 Å². The lowest BCUT2D eigenvalue weighted by molar-refractivity contribution is -0.153. The summed E-state index contributed by atoms with van der Waals surface area (Å²) in [5.41, 5.74) is 6.56. The molecule has 1 unspecified atom stereocenters. The van der Waals surface area contributed by atoms with E-state index in [9.17, 15) is 26.7 Å². The molecule has 0 aromatic heterocycles. The predicted molar refractivity (Wildman–Crippen MR) is 45.9 cm³/mol. The third-order valence-corrected chi connectivity index (χ3v) is 1.76. The van der Waals surface area contributed by atoms with Crippen molar-refractivity contribution in [3.8, 4) is 0 Å². The monoisotopic (exact) mass is 266 g/mol. The number of hydrogen-bond acceptors (Lipinski definition) is 2. The Balaban J connectivity index is 3.10. The van der Waals surface area contributed by atoms with E-state index >= 15 is 0 Å². The molecule has 0 amide bonds. The van der Waals surface area contributed by atoms with E-state index in [-0.39, 0.29) is 12.3 Å². The molecule has 0 heterocycles. The molecule has 0 saturated carbocycles. The Kier molecular flexibility index (Phi) is 4.11. The summed E-state index contributed by atoms with van der Waals surface area (Å²) in [5, 5.41) is 0. The van der Waals surface area contributed by atoms with Gasteiger partial charge in [-0.1, -0.05) is 0 Å². The molecule has 1 aromatic carbocycles. The molecule has 9 heteroatoms. The highest BCUT2D eigenvalue weighted by molar-refractivity contribution is 6.20. The van der Waals surface area contributed by atoms with Crippen LogP contribution in [0.25, 0.3) is 5.53 Å². The van der Waals surface area contributed by atoms with Gasteiger partial charge in [-0.3, -0.25) is 0 Å². The lowest BCUT2D eigenvalue weighted by atomic mass is 10.2. The molecule has 1 aromatic rings. The first-order valence-corrected chi connectivity index (χ1v) is 4.23. The first-order chi connectivity index (χ1) is 8.38. The summed E-state index contributed by atoms with van der Waals surface area (Å²) in [7, 11) is 0. The summed E-state index contributed by atoms with van der Waals surface area (Å²) in [6, 6.07) is 0.00177. The van der Waals surface area contributed by atoms with Gasteiger partial charge in [-0.15, -0.1) is 0 Å². The summed E-state index contributed by atoms with van der Waals surface area (Å²) in [6.45, 7) is 0. The number of esters is 1. The second-order valence-electron chi connectivity index (χ2n) is 2.89. The molecule has 0 saturated heterocycles. The molecular formula is C9H3F5N2O2. The lowest BCUT2D eigenvalue weighted by Crippen LogP contribution is -2.12. The Hall–Kier alpha value is -2.28. The molecule has 0 radical (unpaired) electrons. The average molecular weight is 266 g/mol. The van der Waals surface area contributed by atoms with Crippen molar-refractivity contribution < 1.29 is 36.3 Å². The molecule has 1 atom stereocenters. The van der Waals surface area contributed by atoms with E-state index in [0.29, 0.717) is 0 Å². The molecule has 18 heavy (non-hydrogen) atoms. The van der Waals surface area contributed by atoms with Crippen LogP contribution in [0, 0.1) is 23.3 Å². The maximum absolute atomic E-state index is 13.2. The fourth-order valence-electron chi connectivity index (χ4n) is 0.999.